The molecular formula is C20H18Se. The SMILES string of the molecule is CC(C)(C)/C=C1/c2ccccc2-c2[se]c3ccccc3c21. The minimum absolute atomic E-state index is 0.190. The van der Waals surface area contributed by atoms with Gasteiger partial charge in [-0.1, -0.05) is 0 Å². The molecule has 0 saturated carbocycles. The molecule has 0 aliphatic heterocycles. The van der Waals surface area contributed by atoms with Gasteiger partial charge in [-0.05, 0) is 0 Å². The number of allylic oxidation sites excluding steroid dienone is 1. The van der Waals surface area contributed by atoms with Crippen molar-refractivity contribution >= 4 is 29.7 Å². The van der Waals surface area contributed by atoms with Gasteiger partial charge < -0.3 is 0 Å². The second-order valence-corrected chi connectivity index (χ2v) is 8.98. The third-order valence-corrected chi connectivity index (χ3v) is 6.43. The Kier molecular flexibility index (Phi) is 2.79. The Bertz CT molecular complexity index is 872. The van der Waals surface area contributed by atoms with Crippen LogP contribution in [-0.2, 0) is 0 Å². The number of benzene rings is 2. The Labute approximate surface area is 131 Å². The number of hydrogen-bond acceptors (Lipinski definition) is 0. The molecule has 0 saturated heterocycles. The molecule has 4 rings (SSSR count). The summed E-state index contributed by atoms with van der Waals surface area (Å²) in [6.07, 6.45) is 2.45. The summed E-state index contributed by atoms with van der Waals surface area (Å²) in [6.45, 7) is 6.85. The zero-order valence-corrected chi connectivity index (χ0v) is 14.3. The molecule has 0 amide bonds. The van der Waals surface area contributed by atoms with E-state index < -0.39 is 0 Å². The van der Waals surface area contributed by atoms with Crippen molar-refractivity contribution in [3.63, 3.8) is 0 Å². The molecule has 1 heteroatoms. The van der Waals surface area contributed by atoms with Crippen LogP contribution in [-0.4, -0.2) is 14.5 Å². The first-order chi connectivity index (χ1) is 10.0. The quantitative estimate of drug-likeness (QED) is 0.379. The second kappa shape index (κ2) is 4.47. The van der Waals surface area contributed by atoms with Crippen molar-refractivity contribution in [2.24, 2.45) is 5.41 Å². The third kappa shape index (κ3) is 2.04. The minimum atomic E-state index is 0.190. The Balaban J connectivity index is 2.12. The van der Waals surface area contributed by atoms with E-state index in [2.05, 4.69) is 75.4 Å². The molecule has 0 spiro atoms. The summed E-state index contributed by atoms with van der Waals surface area (Å²) < 4.78 is 3.11. The standard InChI is InChI=1S/C20H18Se/c1-20(2,3)12-16-13-8-4-5-9-14(13)19-18(16)15-10-6-7-11-17(15)21-19/h4-12H,1-3H3/b16-12-. The Morgan fingerprint density at radius 2 is 1.52 bits per heavy atom. The van der Waals surface area contributed by atoms with Crippen LogP contribution in [0.25, 0.3) is 25.2 Å². The van der Waals surface area contributed by atoms with Crippen molar-refractivity contribution in [1.82, 2.24) is 0 Å². The average Bonchev–Trinajstić information content (AvgIpc) is 2.95. The summed E-state index contributed by atoms with van der Waals surface area (Å²) in [4.78, 5) is 0. The first-order valence-corrected chi connectivity index (χ1v) is 9.10. The van der Waals surface area contributed by atoms with Gasteiger partial charge in [0, 0.05) is 0 Å². The van der Waals surface area contributed by atoms with Gasteiger partial charge in [0.05, 0.1) is 0 Å². The Morgan fingerprint density at radius 1 is 0.857 bits per heavy atom. The normalized spacial score (nSPS) is 15.5. The van der Waals surface area contributed by atoms with Crippen LogP contribution in [0.5, 0.6) is 0 Å². The van der Waals surface area contributed by atoms with E-state index in [1.807, 2.05) is 0 Å². The molecule has 0 unspecified atom stereocenters. The van der Waals surface area contributed by atoms with Gasteiger partial charge in [0.2, 0.25) is 0 Å². The summed E-state index contributed by atoms with van der Waals surface area (Å²) in [5.74, 6) is 0. The monoisotopic (exact) mass is 338 g/mol. The molecule has 1 aromatic heterocycles. The van der Waals surface area contributed by atoms with Crippen molar-refractivity contribution in [3.05, 3.63) is 65.7 Å². The molecule has 3 aromatic rings. The fourth-order valence-corrected chi connectivity index (χ4v) is 5.77. The Hall–Kier alpha value is -1.56. The molecule has 0 atom stereocenters. The van der Waals surface area contributed by atoms with Crippen molar-refractivity contribution in [2.75, 3.05) is 0 Å². The van der Waals surface area contributed by atoms with Gasteiger partial charge in [-0.3, -0.25) is 0 Å². The fraction of sp³-hybridized carbons (Fsp3) is 0.200. The molecule has 0 radical (unpaired) electrons. The average molecular weight is 337 g/mol. The molecule has 0 bridgehead atoms. The molecule has 1 aliphatic rings. The van der Waals surface area contributed by atoms with E-state index in [9.17, 15) is 0 Å². The van der Waals surface area contributed by atoms with Crippen LogP contribution in [0, 0.1) is 5.41 Å². The van der Waals surface area contributed by atoms with Gasteiger partial charge in [0.25, 0.3) is 0 Å². The second-order valence-electron chi connectivity index (χ2n) is 6.77. The van der Waals surface area contributed by atoms with E-state index in [4.69, 9.17) is 0 Å². The number of rotatable bonds is 0. The zero-order valence-electron chi connectivity index (χ0n) is 12.6. The van der Waals surface area contributed by atoms with Gasteiger partial charge in [-0.25, -0.2) is 0 Å². The van der Waals surface area contributed by atoms with Gasteiger partial charge in [0.15, 0.2) is 0 Å². The summed E-state index contributed by atoms with van der Waals surface area (Å²) in [6, 6.07) is 17.8. The molecular weight excluding hydrogens is 319 g/mol. The van der Waals surface area contributed by atoms with Crippen molar-refractivity contribution < 1.29 is 0 Å². The number of hydrogen-bond donors (Lipinski definition) is 0. The van der Waals surface area contributed by atoms with Crippen LogP contribution >= 0.6 is 0 Å². The summed E-state index contributed by atoms with van der Waals surface area (Å²) >= 11 is 0.440. The van der Waals surface area contributed by atoms with E-state index in [0.29, 0.717) is 14.5 Å². The van der Waals surface area contributed by atoms with Gasteiger partial charge in [-0.15, -0.1) is 0 Å². The summed E-state index contributed by atoms with van der Waals surface area (Å²) in [5, 5.41) is 1.46. The third-order valence-electron chi connectivity index (χ3n) is 3.90. The molecule has 21 heavy (non-hydrogen) atoms. The summed E-state index contributed by atoms with van der Waals surface area (Å²) in [5.41, 5.74) is 6.02. The molecule has 0 fully saturated rings. The van der Waals surface area contributed by atoms with E-state index >= 15 is 0 Å². The molecule has 0 nitrogen and oxygen atoms in total. The molecule has 2 aromatic carbocycles. The van der Waals surface area contributed by atoms with Crippen LogP contribution in [0.4, 0.5) is 0 Å². The fourth-order valence-electron chi connectivity index (χ4n) is 3.14. The maximum atomic E-state index is 2.45. The molecule has 0 N–H and O–H groups in total. The Morgan fingerprint density at radius 3 is 2.29 bits per heavy atom. The van der Waals surface area contributed by atoms with E-state index in [0.717, 1.165) is 0 Å². The van der Waals surface area contributed by atoms with E-state index in [1.165, 1.54) is 31.9 Å². The summed E-state index contributed by atoms with van der Waals surface area (Å²) in [7, 11) is 0. The van der Waals surface area contributed by atoms with Crippen LogP contribution in [0.2, 0.25) is 0 Å². The van der Waals surface area contributed by atoms with E-state index in [1.54, 1.807) is 4.44 Å². The molecule has 1 heterocycles. The van der Waals surface area contributed by atoms with Crippen molar-refractivity contribution in [3.8, 4) is 10.0 Å². The first kappa shape index (κ1) is 13.1. The van der Waals surface area contributed by atoms with Crippen LogP contribution in [0.15, 0.2) is 54.6 Å². The van der Waals surface area contributed by atoms with Crippen molar-refractivity contribution in [2.45, 2.75) is 20.8 Å². The van der Waals surface area contributed by atoms with Crippen LogP contribution in [0.3, 0.4) is 0 Å². The number of fused-ring (bicyclic) bond motifs is 5. The van der Waals surface area contributed by atoms with Gasteiger partial charge in [0.1, 0.15) is 0 Å². The van der Waals surface area contributed by atoms with E-state index in [-0.39, 0.29) is 5.41 Å². The molecule has 104 valence electrons. The molecule has 1 aliphatic carbocycles. The van der Waals surface area contributed by atoms with Crippen LogP contribution in [0.1, 0.15) is 31.9 Å². The zero-order chi connectivity index (χ0) is 14.6. The van der Waals surface area contributed by atoms with Gasteiger partial charge >= 0.3 is 132 Å². The topological polar surface area (TPSA) is 0 Å². The maximum absolute atomic E-state index is 2.45. The van der Waals surface area contributed by atoms with Crippen molar-refractivity contribution in [1.29, 1.82) is 0 Å². The predicted octanol–water partition coefficient (Wildman–Crippen LogP) is 5.36. The predicted molar refractivity (Wildman–Crippen MR) is 92.9 cm³/mol. The van der Waals surface area contributed by atoms with Crippen LogP contribution < -0.4 is 0 Å². The first-order valence-electron chi connectivity index (χ1n) is 7.39. The van der Waals surface area contributed by atoms with Gasteiger partial charge in [-0.2, -0.15) is 0 Å².